The van der Waals surface area contributed by atoms with Gasteiger partial charge in [0.15, 0.2) is 0 Å². The first kappa shape index (κ1) is 14.4. The van der Waals surface area contributed by atoms with Crippen LogP contribution in [0.4, 0.5) is 0 Å². The van der Waals surface area contributed by atoms with Gasteiger partial charge in [0.2, 0.25) is 5.88 Å². The Bertz CT molecular complexity index is 630. The Labute approximate surface area is 130 Å². The predicted molar refractivity (Wildman–Crippen MR) is 85.1 cm³/mol. The van der Waals surface area contributed by atoms with Gasteiger partial charge in [-0.25, -0.2) is 4.98 Å². The molecule has 1 N–H and O–H groups in total. The zero-order valence-corrected chi connectivity index (χ0v) is 13.1. The molecule has 1 aliphatic carbocycles. The summed E-state index contributed by atoms with van der Waals surface area (Å²) in [6.45, 7) is 4.75. The van der Waals surface area contributed by atoms with Crippen molar-refractivity contribution < 1.29 is 4.74 Å². The number of hydrogen-bond donors (Lipinski definition) is 1. The molecular weight excluding hydrogens is 284 g/mol. The lowest BCUT2D eigenvalue weighted by molar-refractivity contribution is 0.458. The first-order valence-electron chi connectivity index (χ1n) is 7.26. The molecule has 0 aliphatic heterocycles. The SMILES string of the molecule is Cc1cc(Oc2cccc(CNC3CC3)n2)cc(C)c1Cl. The Morgan fingerprint density at radius 2 is 1.95 bits per heavy atom. The van der Waals surface area contributed by atoms with Crippen LogP contribution in [0.5, 0.6) is 11.6 Å². The van der Waals surface area contributed by atoms with Crippen molar-refractivity contribution in [1.29, 1.82) is 0 Å². The fourth-order valence-electron chi connectivity index (χ4n) is 2.24. The lowest BCUT2D eigenvalue weighted by atomic mass is 10.1. The topological polar surface area (TPSA) is 34.1 Å². The van der Waals surface area contributed by atoms with Crippen LogP contribution >= 0.6 is 11.6 Å². The summed E-state index contributed by atoms with van der Waals surface area (Å²) in [5, 5.41) is 4.24. The van der Waals surface area contributed by atoms with Gasteiger partial charge in [0.05, 0.1) is 5.69 Å². The van der Waals surface area contributed by atoms with E-state index >= 15 is 0 Å². The first-order valence-corrected chi connectivity index (χ1v) is 7.63. The maximum atomic E-state index is 6.18. The van der Waals surface area contributed by atoms with Gasteiger partial charge in [-0.15, -0.1) is 0 Å². The van der Waals surface area contributed by atoms with Crippen LogP contribution in [0.2, 0.25) is 5.02 Å². The predicted octanol–water partition coefficient (Wildman–Crippen LogP) is 4.40. The van der Waals surface area contributed by atoms with Crippen molar-refractivity contribution >= 4 is 11.6 Å². The van der Waals surface area contributed by atoms with Gasteiger partial charge >= 0.3 is 0 Å². The normalized spacial score (nSPS) is 14.2. The summed E-state index contributed by atoms with van der Waals surface area (Å²) in [5.41, 5.74) is 3.03. The van der Waals surface area contributed by atoms with E-state index in [0.29, 0.717) is 11.9 Å². The van der Waals surface area contributed by atoms with Crippen LogP contribution in [0.1, 0.15) is 29.7 Å². The second-order valence-corrected chi connectivity index (χ2v) is 5.97. The van der Waals surface area contributed by atoms with Crippen LogP contribution in [0.25, 0.3) is 0 Å². The fraction of sp³-hybridized carbons (Fsp3) is 0.353. The van der Waals surface area contributed by atoms with Crippen molar-refractivity contribution in [2.24, 2.45) is 0 Å². The molecule has 110 valence electrons. The van der Waals surface area contributed by atoms with E-state index in [1.54, 1.807) is 0 Å². The van der Waals surface area contributed by atoms with Crippen molar-refractivity contribution in [3.05, 3.63) is 52.2 Å². The van der Waals surface area contributed by atoms with Crippen LogP contribution in [-0.2, 0) is 6.54 Å². The highest BCUT2D eigenvalue weighted by atomic mass is 35.5. The molecule has 3 rings (SSSR count). The van der Waals surface area contributed by atoms with Gasteiger partial charge in [0.1, 0.15) is 5.75 Å². The molecule has 1 fully saturated rings. The van der Waals surface area contributed by atoms with Gasteiger partial charge in [0, 0.05) is 23.7 Å². The van der Waals surface area contributed by atoms with Gasteiger partial charge in [-0.2, -0.15) is 0 Å². The lowest BCUT2D eigenvalue weighted by Gasteiger charge is -2.10. The summed E-state index contributed by atoms with van der Waals surface area (Å²) in [6, 6.07) is 10.4. The summed E-state index contributed by atoms with van der Waals surface area (Å²) < 4.78 is 5.86. The number of pyridine rings is 1. The molecule has 1 aromatic carbocycles. The summed E-state index contributed by atoms with van der Waals surface area (Å²) >= 11 is 6.18. The van der Waals surface area contributed by atoms with E-state index in [0.717, 1.165) is 34.1 Å². The summed E-state index contributed by atoms with van der Waals surface area (Å²) in [5.74, 6) is 1.39. The van der Waals surface area contributed by atoms with Crippen LogP contribution in [-0.4, -0.2) is 11.0 Å². The molecule has 0 atom stereocenters. The smallest absolute Gasteiger partial charge is 0.219 e. The molecule has 1 heterocycles. The Balaban J connectivity index is 1.73. The van der Waals surface area contributed by atoms with E-state index in [-0.39, 0.29) is 0 Å². The lowest BCUT2D eigenvalue weighted by Crippen LogP contribution is -2.16. The fourth-order valence-corrected chi connectivity index (χ4v) is 2.34. The molecule has 0 bridgehead atoms. The zero-order chi connectivity index (χ0) is 14.8. The van der Waals surface area contributed by atoms with E-state index in [1.165, 1.54) is 12.8 Å². The molecule has 4 heteroatoms. The third-order valence-corrected chi connectivity index (χ3v) is 4.16. The van der Waals surface area contributed by atoms with Gasteiger partial charge in [0.25, 0.3) is 0 Å². The molecule has 3 nitrogen and oxygen atoms in total. The van der Waals surface area contributed by atoms with Crippen LogP contribution in [0, 0.1) is 13.8 Å². The number of halogens is 1. The molecule has 0 amide bonds. The number of nitrogens with one attached hydrogen (secondary N) is 1. The van der Waals surface area contributed by atoms with Crippen LogP contribution < -0.4 is 10.1 Å². The Morgan fingerprint density at radius 3 is 2.62 bits per heavy atom. The molecule has 0 spiro atoms. The minimum Gasteiger partial charge on any atom is -0.439 e. The number of ether oxygens (including phenoxy) is 1. The molecule has 1 aromatic heterocycles. The van der Waals surface area contributed by atoms with Gasteiger partial charge in [-0.3, -0.25) is 0 Å². The maximum Gasteiger partial charge on any atom is 0.219 e. The summed E-state index contributed by atoms with van der Waals surface area (Å²) in [6.07, 6.45) is 2.55. The molecule has 21 heavy (non-hydrogen) atoms. The second kappa shape index (κ2) is 6.04. The summed E-state index contributed by atoms with van der Waals surface area (Å²) in [7, 11) is 0. The van der Waals surface area contributed by atoms with E-state index in [2.05, 4.69) is 10.3 Å². The average molecular weight is 303 g/mol. The van der Waals surface area contributed by atoms with Gasteiger partial charge < -0.3 is 10.1 Å². The largest absolute Gasteiger partial charge is 0.439 e. The van der Waals surface area contributed by atoms with Crippen LogP contribution in [0.15, 0.2) is 30.3 Å². The Hall–Kier alpha value is -1.58. The Morgan fingerprint density at radius 1 is 1.24 bits per heavy atom. The van der Waals surface area contributed by atoms with Crippen molar-refractivity contribution in [3.63, 3.8) is 0 Å². The highest BCUT2D eigenvalue weighted by Crippen LogP contribution is 2.28. The average Bonchev–Trinajstić information content (AvgIpc) is 3.27. The third kappa shape index (κ3) is 3.74. The summed E-state index contributed by atoms with van der Waals surface area (Å²) in [4.78, 5) is 4.53. The zero-order valence-electron chi connectivity index (χ0n) is 12.3. The van der Waals surface area contributed by atoms with Crippen molar-refractivity contribution in [2.75, 3.05) is 0 Å². The van der Waals surface area contributed by atoms with Crippen molar-refractivity contribution in [1.82, 2.24) is 10.3 Å². The molecular formula is C17H19ClN2O. The molecule has 1 aliphatic rings. The monoisotopic (exact) mass is 302 g/mol. The first-order chi connectivity index (χ1) is 10.1. The van der Waals surface area contributed by atoms with Gasteiger partial charge in [-0.05, 0) is 56.0 Å². The number of nitrogens with zero attached hydrogens (tertiary/aromatic N) is 1. The number of benzene rings is 1. The molecule has 0 radical (unpaired) electrons. The molecule has 2 aromatic rings. The second-order valence-electron chi connectivity index (χ2n) is 5.60. The van der Waals surface area contributed by atoms with E-state index in [9.17, 15) is 0 Å². The molecule has 1 saturated carbocycles. The minimum absolute atomic E-state index is 0.617. The third-order valence-electron chi connectivity index (χ3n) is 3.56. The van der Waals surface area contributed by atoms with Crippen LogP contribution in [0.3, 0.4) is 0 Å². The van der Waals surface area contributed by atoms with Crippen molar-refractivity contribution in [3.8, 4) is 11.6 Å². The van der Waals surface area contributed by atoms with Crippen molar-refractivity contribution in [2.45, 2.75) is 39.3 Å². The standard InChI is InChI=1S/C17H19ClN2O/c1-11-8-15(9-12(2)17(11)18)21-16-5-3-4-14(20-16)10-19-13-6-7-13/h3-5,8-9,13,19H,6-7,10H2,1-2H3. The van der Waals surface area contributed by atoms with E-state index < -0.39 is 0 Å². The molecule has 0 saturated heterocycles. The number of hydrogen-bond acceptors (Lipinski definition) is 3. The maximum absolute atomic E-state index is 6.18. The number of rotatable bonds is 5. The van der Waals surface area contributed by atoms with E-state index in [1.807, 2.05) is 44.2 Å². The highest BCUT2D eigenvalue weighted by molar-refractivity contribution is 6.32. The molecule has 0 unspecified atom stereocenters. The number of aryl methyl sites for hydroxylation is 2. The van der Waals surface area contributed by atoms with Gasteiger partial charge in [-0.1, -0.05) is 17.7 Å². The number of aromatic nitrogens is 1. The van der Waals surface area contributed by atoms with E-state index in [4.69, 9.17) is 16.3 Å². The quantitative estimate of drug-likeness (QED) is 0.889. The minimum atomic E-state index is 0.617. The Kier molecular flexibility index (Phi) is 4.13. The highest BCUT2D eigenvalue weighted by Gasteiger charge is 2.20.